The molecule has 112 valence electrons. The van der Waals surface area contributed by atoms with Crippen LogP contribution >= 0.6 is 0 Å². The van der Waals surface area contributed by atoms with Crippen LogP contribution in [0.1, 0.15) is 51.9 Å². The number of hydrogen-bond acceptors (Lipinski definition) is 3. The fourth-order valence-corrected chi connectivity index (χ4v) is 4.89. The Morgan fingerprint density at radius 1 is 1.21 bits per heavy atom. The second-order valence-corrected chi connectivity index (χ2v) is 8.11. The van der Waals surface area contributed by atoms with E-state index in [9.17, 15) is 8.42 Å². The normalized spacial score (nSPS) is 30.4. The highest BCUT2D eigenvalue weighted by atomic mass is 32.2. The van der Waals surface area contributed by atoms with Crippen LogP contribution in [0.25, 0.3) is 0 Å². The molecule has 0 saturated carbocycles. The first-order chi connectivity index (χ1) is 9.12. The Morgan fingerprint density at radius 2 is 2.05 bits per heavy atom. The zero-order chi connectivity index (χ0) is 13.7. The summed E-state index contributed by atoms with van der Waals surface area (Å²) in [7, 11) is -3.03. The lowest BCUT2D eigenvalue weighted by atomic mass is 9.97. The Balaban J connectivity index is 1.83. The summed E-state index contributed by atoms with van der Waals surface area (Å²) in [5.74, 6) is 0.887. The van der Waals surface area contributed by atoms with Gasteiger partial charge in [0.2, 0.25) is 10.0 Å². The smallest absolute Gasteiger partial charge is 0.214 e. The highest BCUT2D eigenvalue weighted by molar-refractivity contribution is 7.89. The van der Waals surface area contributed by atoms with Crippen LogP contribution in [0.4, 0.5) is 0 Å². The Kier molecular flexibility index (Phi) is 5.66. The van der Waals surface area contributed by atoms with Gasteiger partial charge >= 0.3 is 0 Å². The van der Waals surface area contributed by atoms with Crippen LogP contribution in [-0.2, 0) is 10.0 Å². The van der Waals surface area contributed by atoms with Gasteiger partial charge in [0.05, 0.1) is 5.75 Å². The predicted octanol–water partition coefficient (Wildman–Crippen LogP) is 1.97. The lowest BCUT2D eigenvalue weighted by Gasteiger charge is -2.32. The van der Waals surface area contributed by atoms with Gasteiger partial charge < -0.3 is 5.32 Å². The van der Waals surface area contributed by atoms with Gasteiger partial charge in [-0.15, -0.1) is 0 Å². The summed E-state index contributed by atoms with van der Waals surface area (Å²) in [6.07, 6.45) is 7.68. The molecule has 1 N–H and O–H groups in total. The largest absolute Gasteiger partial charge is 0.314 e. The molecule has 2 heterocycles. The summed E-state index contributed by atoms with van der Waals surface area (Å²) in [6, 6.07) is 0.412. The van der Waals surface area contributed by atoms with Gasteiger partial charge in [0.25, 0.3) is 0 Å². The van der Waals surface area contributed by atoms with Gasteiger partial charge in [-0.1, -0.05) is 19.8 Å². The first kappa shape index (κ1) is 15.3. The molecule has 2 rings (SSSR count). The average Bonchev–Trinajstić information content (AvgIpc) is 2.46. The van der Waals surface area contributed by atoms with Gasteiger partial charge in [-0.25, -0.2) is 12.7 Å². The van der Waals surface area contributed by atoms with E-state index in [1.54, 1.807) is 4.31 Å². The Labute approximate surface area is 118 Å². The van der Waals surface area contributed by atoms with Crippen LogP contribution in [0.15, 0.2) is 0 Å². The van der Waals surface area contributed by atoms with Crippen molar-refractivity contribution in [3.05, 3.63) is 0 Å². The maximum absolute atomic E-state index is 12.4. The molecule has 0 aliphatic carbocycles. The van der Waals surface area contributed by atoms with E-state index in [0.29, 0.717) is 17.7 Å². The van der Waals surface area contributed by atoms with E-state index in [4.69, 9.17) is 0 Å². The number of rotatable bonds is 5. The van der Waals surface area contributed by atoms with E-state index < -0.39 is 10.0 Å². The molecular weight excluding hydrogens is 260 g/mol. The minimum atomic E-state index is -3.03. The third kappa shape index (κ3) is 4.43. The summed E-state index contributed by atoms with van der Waals surface area (Å²) < 4.78 is 26.5. The van der Waals surface area contributed by atoms with Crippen molar-refractivity contribution in [2.45, 2.75) is 57.9 Å². The van der Waals surface area contributed by atoms with Crippen LogP contribution in [0, 0.1) is 5.92 Å². The van der Waals surface area contributed by atoms with Crippen LogP contribution in [0.5, 0.6) is 0 Å². The quantitative estimate of drug-likeness (QED) is 0.841. The van der Waals surface area contributed by atoms with E-state index in [2.05, 4.69) is 12.2 Å². The molecule has 0 radical (unpaired) electrons. The van der Waals surface area contributed by atoms with Crippen LogP contribution in [0.3, 0.4) is 0 Å². The number of sulfonamides is 1. The number of piperidine rings is 2. The zero-order valence-electron chi connectivity index (χ0n) is 12.1. The number of nitrogens with one attached hydrogen (secondary N) is 1. The molecule has 0 spiro atoms. The van der Waals surface area contributed by atoms with Crippen molar-refractivity contribution in [1.29, 1.82) is 0 Å². The van der Waals surface area contributed by atoms with Crippen LogP contribution < -0.4 is 5.32 Å². The highest BCUT2D eigenvalue weighted by Gasteiger charge is 2.28. The van der Waals surface area contributed by atoms with Gasteiger partial charge in [0, 0.05) is 19.1 Å². The molecule has 0 amide bonds. The van der Waals surface area contributed by atoms with Crippen molar-refractivity contribution in [3.63, 3.8) is 0 Å². The first-order valence-corrected chi connectivity index (χ1v) is 9.44. The molecule has 0 bridgehead atoms. The average molecular weight is 288 g/mol. The minimum Gasteiger partial charge on any atom is -0.314 e. The number of hydrogen-bond donors (Lipinski definition) is 1. The summed E-state index contributed by atoms with van der Waals surface area (Å²) in [4.78, 5) is 0. The van der Waals surface area contributed by atoms with E-state index in [1.165, 1.54) is 19.3 Å². The topological polar surface area (TPSA) is 49.4 Å². The SMILES string of the molecule is CCC1CCCN(S(=O)(=O)CCC2CCCCN2)C1. The zero-order valence-corrected chi connectivity index (χ0v) is 12.9. The fourth-order valence-electron chi connectivity index (χ4n) is 3.20. The third-order valence-electron chi connectivity index (χ3n) is 4.59. The molecular formula is C14H28N2O2S. The van der Waals surface area contributed by atoms with Gasteiger partial charge in [-0.05, 0) is 44.6 Å². The molecule has 2 fully saturated rings. The molecule has 4 nitrogen and oxygen atoms in total. The molecule has 0 aromatic rings. The Hall–Kier alpha value is -0.130. The molecule has 2 unspecified atom stereocenters. The molecule has 19 heavy (non-hydrogen) atoms. The van der Waals surface area contributed by atoms with Crippen molar-refractivity contribution in [2.75, 3.05) is 25.4 Å². The summed E-state index contributed by atoms with van der Waals surface area (Å²) in [5, 5.41) is 3.43. The Morgan fingerprint density at radius 3 is 2.74 bits per heavy atom. The maximum Gasteiger partial charge on any atom is 0.214 e. The summed E-state index contributed by atoms with van der Waals surface area (Å²) >= 11 is 0. The van der Waals surface area contributed by atoms with Gasteiger partial charge in [0.1, 0.15) is 0 Å². The maximum atomic E-state index is 12.4. The van der Waals surface area contributed by atoms with Gasteiger partial charge in [-0.2, -0.15) is 0 Å². The molecule has 5 heteroatoms. The molecule has 2 aliphatic rings. The van der Waals surface area contributed by atoms with Crippen molar-refractivity contribution in [2.24, 2.45) is 5.92 Å². The lowest BCUT2D eigenvalue weighted by Crippen LogP contribution is -2.42. The van der Waals surface area contributed by atoms with Gasteiger partial charge in [-0.3, -0.25) is 0 Å². The lowest BCUT2D eigenvalue weighted by molar-refractivity contribution is 0.260. The second kappa shape index (κ2) is 7.04. The molecule has 2 saturated heterocycles. The van der Waals surface area contributed by atoms with Gasteiger partial charge in [0.15, 0.2) is 0 Å². The standard InChI is InChI=1S/C14H28N2O2S/c1-2-13-6-5-10-16(12-13)19(17,18)11-8-14-7-3-4-9-15-14/h13-15H,2-12H2,1H3. The van der Waals surface area contributed by atoms with E-state index in [-0.39, 0.29) is 0 Å². The third-order valence-corrected chi connectivity index (χ3v) is 6.46. The fraction of sp³-hybridized carbons (Fsp3) is 1.00. The highest BCUT2D eigenvalue weighted by Crippen LogP contribution is 2.22. The van der Waals surface area contributed by atoms with Crippen molar-refractivity contribution >= 4 is 10.0 Å². The predicted molar refractivity (Wildman–Crippen MR) is 78.6 cm³/mol. The van der Waals surface area contributed by atoms with E-state index >= 15 is 0 Å². The second-order valence-electron chi connectivity index (χ2n) is 6.03. The molecule has 0 aromatic heterocycles. The van der Waals surface area contributed by atoms with Crippen molar-refractivity contribution in [3.8, 4) is 0 Å². The first-order valence-electron chi connectivity index (χ1n) is 7.83. The van der Waals surface area contributed by atoms with Crippen molar-refractivity contribution in [1.82, 2.24) is 9.62 Å². The van der Waals surface area contributed by atoms with E-state index in [1.807, 2.05) is 0 Å². The van der Waals surface area contributed by atoms with Crippen LogP contribution in [0.2, 0.25) is 0 Å². The van der Waals surface area contributed by atoms with Crippen LogP contribution in [-0.4, -0.2) is 44.2 Å². The molecule has 2 atom stereocenters. The summed E-state index contributed by atoms with van der Waals surface area (Å²) in [5.41, 5.74) is 0. The molecule has 0 aromatic carbocycles. The Bertz CT molecular complexity index is 364. The number of nitrogens with zero attached hydrogens (tertiary/aromatic N) is 1. The molecule has 2 aliphatic heterocycles. The monoisotopic (exact) mass is 288 g/mol. The summed E-state index contributed by atoms with van der Waals surface area (Å²) in [6.45, 7) is 4.69. The van der Waals surface area contributed by atoms with Crippen molar-refractivity contribution < 1.29 is 8.42 Å². The van der Waals surface area contributed by atoms with E-state index in [0.717, 1.165) is 45.3 Å². The minimum absolute atomic E-state index is 0.321.